The Bertz CT molecular complexity index is 752. The highest BCUT2D eigenvalue weighted by molar-refractivity contribution is 5.91. The third-order valence-corrected chi connectivity index (χ3v) is 9.05. The molecule has 4 aliphatic rings. The first-order valence-electron chi connectivity index (χ1n) is 11.1. The van der Waals surface area contributed by atoms with Gasteiger partial charge in [-0.25, -0.2) is 0 Å². The van der Waals surface area contributed by atoms with Crippen molar-refractivity contribution in [2.24, 2.45) is 28.6 Å². The largest absolute Gasteiger partial charge is 0.451 e. The number of ketones is 2. The lowest BCUT2D eigenvalue weighted by Gasteiger charge is -2.57. The van der Waals surface area contributed by atoms with Crippen molar-refractivity contribution in [3.63, 3.8) is 0 Å². The van der Waals surface area contributed by atoms with Crippen molar-refractivity contribution in [2.75, 3.05) is 0 Å². The van der Waals surface area contributed by atoms with Gasteiger partial charge in [0.15, 0.2) is 11.4 Å². The number of hydrogen-bond donors (Lipinski definition) is 0. The maximum absolute atomic E-state index is 13.1. The first-order valence-corrected chi connectivity index (χ1v) is 11.1. The maximum atomic E-state index is 13.1. The Balaban J connectivity index is 1.74. The van der Waals surface area contributed by atoms with E-state index in [0.717, 1.165) is 38.5 Å². The summed E-state index contributed by atoms with van der Waals surface area (Å²) in [5, 5.41) is 0. The minimum atomic E-state index is -0.972. The van der Waals surface area contributed by atoms with E-state index in [1.54, 1.807) is 5.57 Å². The molecule has 0 heterocycles. The van der Waals surface area contributed by atoms with Crippen LogP contribution in [-0.2, 0) is 19.1 Å². The fraction of sp³-hybridized carbons (Fsp3) is 0.792. The van der Waals surface area contributed by atoms with Crippen molar-refractivity contribution in [3.8, 4) is 0 Å². The normalized spacial score (nSPS) is 44.8. The van der Waals surface area contributed by atoms with Crippen molar-refractivity contribution < 1.29 is 19.1 Å². The van der Waals surface area contributed by atoms with Crippen LogP contribution in [0.1, 0.15) is 85.5 Å². The van der Waals surface area contributed by atoms with E-state index in [1.807, 2.05) is 6.92 Å². The molecule has 154 valence electrons. The zero-order valence-corrected chi connectivity index (χ0v) is 17.8. The molecule has 0 spiro atoms. The van der Waals surface area contributed by atoms with Crippen molar-refractivity contribution in [2.45, 2.75) is 91.1 Å². The molecule has 0 amide bonds. The number of ether oxygens (including phenoxy) is 1. The van der Waals surface area contributed by atoms with Crippen LogP contribution in [0, 0.1) is 28.6 Å². The molecule has 4 rings (SSSR count). The van der Waals surface area contributed by atoms with E-state index in [2.05, 4.69) is 19.9 Å². The summed E-state index contributed by atoms with van der Waals surface area (Å²) in [6, 6.07) is 0. The van der Waals surface area contributed by atoms with Crippen LogP contribution in [0.25, 0.3) is 0 Å². The molecule has 3 fully saturated rings. The summed E-state index contributed by atoms with van der Waals surface area (Å²) < 4.78 is 5.89. The van der Waals surface area contributed by atoms with Gasteiger partial charge in [0.1, 0.15) is 5.78 Å². The average molecular weight is 387 g/mol. The van der Waals surface area contributed by atoms with Crippen molar-refractivity contribution in [1.82, 2.24) is 0 Å². The van der Waals surface area contributed by atoms with E-state index in [4.69, 9.17) is 4.74 Å². The summed E-state index contributed by atoms with van der Waals surface area (Å²) in [5.41, 5.74) is 0.370. The predicted molar refractivity (Wildman–Crippen MR) is 107 cm³/mol. The zero-order valence-electron chi connectivity index (χ0n) is 17.8. The summed E-state index contributed by atoms with van der Waals surface area (Å²) in [6.45, 7) is 7.86. The van der Waals surface area contributed by atoms with Crippen molar-refractivity contribution in [3.05, 3.63) is 11.6 Å². The lowest BCUT2D eigenvalue weighted by molar-refractivity contribution is -0.181. The Morgan fingerprint density at radius 3 is 2.61 bits per heavy atom. The molecule has 28 heavy (non-hydrogen) atoms. The lowest BCUT2D eigenvalue weighted by atomic mass is 9.48. The maximum Gasteiger partial charge on any atom is 0.303 e. The Morgan fingerprint density at radius 1 is 1.18 bits per heavy atom. The van der Waals surface area contributed by atoms with Crippen LogP contribution in [0.4, 0.5) is 0 Å². The Kier molecular flexibility index (Phi) is 4.63. The van der Waals surface area contributed by atoms with E-state index in [-0.39, 0.29) is 22.6 Å². The van der Waals surface area contributed by atoms with Crippen LogP contribution in [-0.4, -0.2) is 23.1 Å². The third-order valence-electron chi connectivity index (χ3n) is 9.05. The molecule has 0 aliphatic heterocycles. The van der Waals surface area contributed by atoms with Crippen LogP contribution < -0.4 is 0 Å². The molecule has 0 unspecified atom stereocenters. The molecule has 3 saturated carbocycles. The minimum Gasteiger partial charge on any atom is -0.451 e. The van der Waals surface area contributed by atoms with Gasteiger partial charge in [0.25, 0.3) is 0 Å². The van der Waals surface area contributed by atoms with E-state index in [9.17, 15) is 14.4 Å². The molecule has 4 nitrogen and oxygen atoms in total. The highest BCUT2D eigenvalue weighted by Crippen LogP contribution is 2.67. The van der Waals surface area contributed by atoms with E-state index >= 15 is 0 Å². The quantitative estimate of drug-likeness (QED) is 0.516. The van der Waals surface area contributed by atoms with Gasteiger partial charge in [-0.05, 0) is 61.7 Å². The molecule has 6 atom stereocenters. The predicted octanol–water partition coefficient (Wildman–Crippen LogP) is 4.80. The number of esters is 1. The van der Waals surface area contributed by atoms with Crippen LogP contribution in [0.3, 0.4) is 0 Å². The second-order valence-corrected chi connectivity index (χ2v) is 10.2. The molecule has 4 aliphatic carbocycles. The Hall–Kier alpha value is -1.45. The number of carbonyl (C=O) groups excluding carboxylic acids is 3. The lowest BCUT2D eigenvalue weighted by Crippen LogP contribution is -2.57. The smallest absolute Gasteiger partial charge is 0.303 e. The van der Waals surface area contributed by atoms with Gasteiger partial charge in [0, 0.05) is 31.6 Å². The van der Waals surface area contributed by atoms with Gasteiger partial charge in [-0.3, -0.25) is 14.4 Å². The molecule has 4 heteroatoms. The molecule has 0 aromatic heterocycles. The molecule has 0 radical (unpaired) electrons. The minimum absolute atomic E-state index is 0.0766. The van der Waals surface area contributed by atoms with Crippen LogP contribution >= 0.6 is 0 Å². The van der Waals surface area contributed by atoms with Crippen molar-refractivity contribution >= 4 is 17.5 Å². The number of allylic oxidation sites excluding steroid dienone is 2. The van der Waals surface area contributed by atoms with Crippen LogP contribution in [0.2, 0.25) is 0 Å². The first kappa shape index (κ1) is 19.8. The molecular formula is C24H34O4. The topological polar surface area (TPSA) is 60.4 Å². The molecule has 0 bridgehead atoms. The highest BCUT2D eigenvalue weighted by atomic mass is 16.6. The summed E-state index contributed by atoms with van der Waals surface area (Å²) in [7, 11) is 0. The standard InChI is InChI=1S/C24H34O4/c1-5-21(27)24(28-15(2)25)13-10-20-18-7-6-16-14-17(26)8-11-22(16,3)19(18)9-12-23(20,24)4/h9,16,18,20H,5-8,10-14H2,1-4H3/t16-,18+,20-,22-,23-,24-/m0/s1. The number of carbonyl (C=O) groups is 3. The van der Waals surface area contributed by atoms with E-state index in [1.165, 1.54) is 6.92 Å². The molecular weight excluding hydrogens is 352 g/mol. The van der Waals surface area contributed by atoms with Gasteiger partial charge in [0.05, 0.1) is 0 Å². The van der Waals surface area contributed by atoms with Gasteiger partial charge in [-0.2, -0.15) is 0 Å². The zero-order chi connectivity index (χ0) is 20.3. The number of hydrogen-bond acceptors (Lipinski definition) is 4. The second-order valence-electron chi connectivity index (χ2n) is 10.2. The van der Waals surface area contributed by atoms with Crippen LogP contribution in [0.15, 0.2) is 11.6 Å². The Labute approximate surface area is 168 Å². The van der Waals surface area contributed by atoms with Gasteiger partial charge in [-0.1, -0.05) is 32.4 Å². The molecule has 0 aromatic carbocycles. The number of rotatable bonds is 3. The number of fused-ring (bicyclic) bond motifs is 5. The van der Waals surface area contributed by atoms with E-state index in [0.29, 0.717) is 42.8 Å². The number of Topliss-reactive ketones (excluding diaryl/α,β-unsaturated/α-hetero) is 2. The molecule has 0 N–H and O–H groups in total. The fourth-order valence-electron chi connectivity index (χ4n) is 7.53. The summed E-state index contributed by atoms with van der Waals surface area (Å²) in [5.74, 6) is 1.45. The highest BCUT2D eigenvalue weighted by Gasteiger charge is 2.66. The summed E-state index contributed by atoms with van der Waals surface area (Å²) >= 11 is 0. The van der Waals surface area contributed by atoms with E-state index < -0.39 is 5.60 Å². The molecule has 0 aromatic rings. The fourth-order valence-corrected chi connectivity index (χ4v) is 7.53. The summed E-state index contributed by atoms with van der Waals surface area (Å²) in [6.07, 6.45) is 9.75. The monoisotopic (exact) mass is 386 g/mol. The third kappa shape index (κ3) is 2.52. The first-order chi connectivity index (χ1) is 13.2. The van der Waals surface area contributed by atoms with Crippen molar-refractivity contribution in [1.29, 1.82) is 0 Å². The van der Waals surface area contributed by atoms with Gasteiger partial charge in [0.2, 0.25) is 0 Å². The second kappa shape index (κ2) is 6.53. The van der Waals surface area contributed by atoms with Crippen LogP contribution in [0.5, 0.6) is 0 Å². The summed E-state index contributed by atoms with van der Waals surface area (Å²) in [4.78, 5) is 37.1. The van der Waals surface area contributed by atoms with Gasteiger partial charge in [-0.15, -0.1) is 0 Å². The molecule has 0 saturated heterocycles. The SMILES string of the molecule is CCC(=O)[C@@]1(OC(C)=O)CC[C@H]2[C@@H]3CC[C@H]4CC(=O)CC[C@]4(C)C3=CC[C@@]21C. The Morgan fingerprint density at radius 2 is 1.93 bits per heavy atom. The van der Waals surface area contributed by atoms with Gasteiger partial charge < -0.3 is 4.74 Å². The van der Waals surface area contributed by atoms with Gasteiger partial charge >= 0.3 is 5.97 Å². The average Bonchev–Trinajstić information content (AvgIpc) is 2.94.